The molecule has 0 radical (unpaired) electrons. The highest BCUT2D eigenvalue weighted by atomic mass is 19.4. The predicted molar refractivity (Wildman–Crippen MR) is 86.4 cm³/mol. The van der Waals surface area contributed by atoms with E-state index in [9.17, 15) is 18.0 Å². The summed E-state index contributed by atoms with van der Waals surface area (Å²) in [5, 5.41) is 6.22. The minimum absolute atomic E-state index is 0.190. The first-order valence-corrected chi connectivity index (χ1v) is 7.66. The van der Waals surface area contributed by atoms with Crippen molar-refractivity contribution in [2.45, 2.75) is 46.0 Å². The van der Waals surface area contributed by atoms with Gasteiger partial charge in [0.05, 0.1) is 5.69 Å². The SMILES string of the molecule is Cc1cc(C(F)(F)F)nn1-c1cccc(CNC(=O)OC(C)(C)C)c1. The maximum Gasteiger partial charge on any atom is 0.435 e. The Morgan fingerprint density at radius 2 is 1.92 bits per heavy atom. The summed E-state index contributed by atoms with van der Waals surface area (Å²) in [6.45, 7) is 7.01. The molecule has 0 aliphatic heterocycles. The molecule has 1 aromatic carbocycles. The lowest BCUT2D eigenvalue weighted by Crippen LogP contribution is -2.32. The number of carbonyl (C=O) groups excluding carboxylic acids is 1. The second-order valence-corrected chi connectivity index (χ2v) is 6.61. The van der Waals surface area contributed by atoms with Gasteiger partial charge in [-0.1, -0.05) is 12.1 Å². The van der Waals surface area contributed by atoms with Crippen LogP contribution >= 0.6 is 0 Å². The average molecular weight is 355 g/mol. The Morgan fingerprint density at radius 3 is 2.48 bits per heavy atom. The van der Waals surface area contributed by atoms with Gasteiger partial charge in [0, 0.05) is 12.2 Å². The summed E-state index contributed by atoms with van der Waals surface area (Å²) in [6.07, 6.45) is -5.06. The molecule has 1 aromatic heterocycles. The van der Waals surface area contributed by atoms with Gasteiger partial charge in [-0.3, -0.25) is 0 Å². The number of alkyl carbamates (subject to hydrolysis) is 1. The van der Waals surface area contributed by atoms with Gasteiger partial charge in [0.25, 0.3) is 0 Å². The van der Waals surface area contributed by atoms with Crippen LogP contribution in [0.4, 0.5) is 18.0 Å². The number of aryl methyl sites for hydroxylation is 1. The molecule has 1 amide bonds. The van der Waals surface area contributed by atoms with Crippen LogP contribution in [-0.2, 0) is 17.5 Å². The van der Waals surface area contributed by atoms with E-state index in [1.54, 1.807) is 52.0 Å². The number of carbonyl (C=O) groups is 1. The van der Waals surface area contributed by atoms with Crippen molar-refractivity contribution in [2.75, 3.05) is 0 Å². The Morgan fingerprint density at radius 1 is 1.24 bits per heavy atom. The molecule has 5 nitrogen and oxygen atoms in total. The van der Waals surface area contributed by atoms with Crippen molar-refractivity contribution in [2.24, 2.45) is 0 Å². The number of alkyl halides is 3. The topological polar surface area (TPSA) is 56.2 Å². The zero-order valence-electron chi connectivity index (χ0n) is 14.4. The monoisotopic (exact) mass is 355 g/mol. The van der Waals surface area contributed by atoms with Crippen molar-refractivity contribution >= 4 is 6.09 Å². The lowest BCUT2D eigenvalue weighted by atomic mass is 10.2. The number of benzene rings is 1. The minimum atomic E-state index is -4.49. The van der Waals surface area contributed by atoms with E-state index in [0.29, 0.717) is 16.9 Å². The number of ether oxygens (including phenoxy) is 1. The van der Waals surface area contributed by atoms with E-state index < -0.39 is 23.6 Å². The summed E-state index contributed by atoms with van der Waals surface area (Å²) in [5.41, 5.74) is 0.0155. The van der Waals surface area contributed by atoms with Crippen LogP contribution in [0.25, 0.3) is 5.69 Å². The van der Waals surface area contributed by atoms with Crippen LogP contribution in [0.1, 0.15) is 37.7 Å². The van der Waals surface area contributed by atoms with Gasteiger partial charge in [0.1, 0.15) is 5.60 Å². The summed E-state index contributed by atoms with van der Waals surface area (Å²) in [5.74, 6) is 0. The van der Waals surface area contributed by atoms with Crippen LogP contribution in [0.15, 0.2) is 30.3 Å². The first kappa shape index (κ1) is 18.8. The molecular weight excluding hydrogens is 335 g/mol. The molecule has 0 saturated carbocycles. The lowest BCUT2D eigenvalue weighted by molar-refractivity contribution is -0.141. The van der Waals surface area contributed by atoms with E-state index in [2.05, 4.69) is 10.4 Å². The molecule has 25 heavy (non-hydrogen) atoms. The standard InChI is InChI=1S/C17H20F3N3O2/c1-11-8-14(17(18,19)20)22-23(11)13-7-5-6-12(9-13)10-21-15(24)25-16(2,3)4/h5-9H,10H2,1-4H3,(H,21,24). The predicted octanol–water partition coefficient (Wildman–Crippen LogP) is 4.22. The fraction of sp³-hybridized carbons (Fsp3) is 0.412. The van der Waals surface area contributed by atoms with Crippen LogP contribution in [0.2, 0.25) is 0 Å². The summed E-state index contributed by atoms with van der Waals surface area (Å²) in [6, 6.07) is 7.75. The van der Waals surface area contributed by atoms with Crippen molar-refractivity contribution in [1.82, 2.24) is 15.1 Å². The van der Waals surface area contributed by atoms with Crippen molar-refractivity contribution in [3.8, 4) is 5.69 Å². The third-order valence-corrected chi connectivity index (χ3v) is 3.17. The number of nitrogens with one attached hydrogen (secondary N) is 1. The van der Waals surface area contributed by atoms with Crippen molar-refractivity contribution in [3.05, 3.63) is 47.3 Å². The van der Waals surface area contributed by atoms with E-state index in [4.69, 9.17) is 4.74 Å². The van der Waals surface area contributed by atoms with E-state index in [1.807, 2.05) is 0 Å². The van der Waals surface area contributed by atoms with E-state index in [1.165, 1.54) is 4.68 Å². The Hall–Kier alpha value is -2.51. The van der Waals surface area contributed by atoms with Crippen LogP contribution in [0.5, 0.6) is 0 Å². The number of hydrogen-bond donors (Lipinski definition) is 1. The van der Waals surface area contributed by atoms with Gasteiger partial charge in [0.2, 0.25) is 0 Å². The van der Waals surface area contributed by atoms with Gasteiger partial charge in [-0.15, -0.1) is 0 Å². The molecule has 136 valence electrons. The van der Waals surface area contributed by atoms with Crippen LogP contribution < -0.4 is 5.32 Å². The molecule has 1 heterocycles. The van der Waals surface area contributed by atoms with Gasteiger partial charge in [0.15, 0.2) is 5.69 Å². The highest BCUT2D eigenvalue weighted by Crippen LogP contribution is 2.29. The first-order valence-electron chi connectivity index (χ1n) is 7.66. The highest BCUT2D eigenvalue weighted by Gasteiger charge is 2.34. The number of rotatable bonds is 3. The third kappa shape index (κ3) is 5.23. The average Bonchev–Trinajstić information content (AvgIpc) is 2.86. The molecule has 0 spiro atoms. The summed E-state index contributed by atoms with van der Waals surface area (Å²) >= 11 is 0. The van der Waals surface area contributed by atoms with Crippen molar-refractivity contribution in [3.63, 3.8) is 0 Å². The van der Waals surface area contributed by atoms with Crippen LogP contribution in [-0.4, -0.2) is 21.5 Å². The smallest absolute Gasteiger partial charge is 0.435 e. The van der Waals surface area contributed by atoms with Crippen molar-refractivity contribution < 1.29 is 22.7 Å². The van der Waals surface area contributed by atoms with E-state index >= 15 is 0 Å². The van der Waals surface area contributed by atoms with Gasteiger partial charge >= 0.3 is 12.3 Å². The minimum Gasteiger partial charge on any atom is -0.444 e. The van der Waals surface area contributed by atoms with Crippen LogP contribution in [0.3, 0.4) is 0 Å². The molecule has 0 unspecified atom stereocenters. The number of hydrogen-bond acceptors (Lipinski definition) is 3. The first-order chi connectivity index (χ1) is 11.5. The second-order valence-electron chi connectivity index (χ2n) is 6.61. The van der Waals surface area contributed by atoms with Gasteiger partial charge in [-0.2, -0.15) is 18.3 Å². The van der Waals surface area contributed by atoms with Gasteiger partial charge < -0.3 is 10.1 Å². The number of aromatic nitrogens is 2. The number of nitrogens with zero attached hydrogens (tertiary/aromatic N) is 2. The van der Waals surface area contributed by atoms with E-state index in [-0.39, 0.29) is 6.54 Å². The maximum absolute atomic E-state index is 12.8. The molecule has 0 aliphatic rings. The van der Waals surface area contributed by atoms with Crippen LogP contribution in [0, 0.1) is 6.92 Å². The maximum atomic E-state index is 12.8. The molecule has 0 bridgehead atoms. The zero-order valence-corrected chi connectivity index (χ0v) is 14.4. The molecule has 0 atom stereocenters. The quantitative estimate of drug-likeness (QED) is 0.897. The second kappa shape index (κ2) is 6.78. The summed E-state index contributed by atoms with van der Waals surface area (Å²) in [4.78, 5) is 11.7. The third-order valence-electron chi connectivity index (χ3n) is 3.17. The lowest BCUT2D eigenvalue weighted by Gasteiger charge is -2.19. The molecule has 0 fully saturated rings. The fourth-order valence-corrected chi connectivity index (χ4v) is 2.16. The number of halogens is 3. The fourth-order valence-electron chi connectivity index (χ4n) is 2.16. The molecule has 2 rings (SSSR count). The molecule has 0 saturated heterocycles. The molecular formula is C17H20F3N3O2. The number of amides is 1. The van der Waals surface area contributed by atoms with Gasteiger partial charge in [-0.05, 0) is 51.5 Å². The Bertz CT molecular complexity index is 761. The molecule has 0 aliphatic carbocycles. The van der Waals surface area contributed by atoms with Gasteiger partial charge in [-0.25, -0.2) is 9.48 Å². The van der Waals surface area contributed by atoms with E-state index in [0.717, 1.165) is 6.07 Å². The Kier molecular flexibility index (Phi) is 5.10. The zero-order chi connectivity index (χ0) is 18.8. The van der Waals surface area contributed by atoms with Crippen molar-refractivity contribution in [1.29, 1.82) is 0 Å². The Balaban J connectivity index is 2.14. The largest absolute Gasteiger partial charge is 0.444 e. The molecule has 8 heteroatoms. The summed E-state index contributed by atoms with van der Waals surface area (Å²) in [7, 11) is 0. The highest BCUT2D eigenvalue weighted by molar-refractivity contribution is 5.67. The normalized spacial score (nSPS) is 12.1. The molecule has 2 aromatic rings. The Labute approximate surface area is 143 Å². The molecule has 1 N–H and O–H groups in total. The summed E-state index contributed by atoms with van der Waals surface area (Å²) < 4.78 is 44.7.